The van der Waals surface area contributed by atoms with Gasteiger partial charge in [-0.2, -0.15) is 5.10 Å². The van der Waals surface area contributed by atoms with Crippen LogP contribution in [0.2, 0.25) is 10.0 Å². The van der Waals surface area contributed by atoms with E-state index < -0.39 is 0 Å². The maximum Gasteiger partial charge on any atom is 0.237 e. The van der Waals surface area contributed by atoms with Gasteiger partial charge in [0.1, 0.15) is 0 Å². The van der Waals surface area contributed by atoms with Gasteiger partial charge in [0.25, 0.3) is 0 Å². The Morgan fingerprint density at radius 1 is 1.40 bits per heavy atom. The van der Waals surface area contributed by atoms with E-state index in [1.54, 1.807) is 23.7 Å². The summed E-state index contributed by atoms with van der Waals surface area (Å²) in [5.41, 5.74) is 7.29. The molecule has 1 aromatic rings. The minimum Gasteiger partial charge on any atom is -0.367 e. The van der Waals surface area contributed by atoms with Crippen LogP contribution in [0.25, 0.3) is 0 Å². The van der Waals surface area contributed by atoms with Gasteiger partial charge in [0.15, 0.2) is 0 Å². The van der Waals surface area contributed by atoms with Crippen molar-refractivity contribution in [2.45, 2.75) is 0 Å². The lowest BCUT2D eigenvalue weighted by Gasteiger charge is -1.98. The number of rotatable bonds is 2. The van der Waals surface area contributed by atoms with E-state index in [1.807, 2.05) is 0 Å². The zero-order chi connectivity index (χ0) is 11.3. The molecule has 0 aromatic heterocycles. The molecule has 0 aliphatic heterocycles. The van der Waals surface area contributed by atoms with Gasteiger partial charge in [-0.05, 0) is 12.1 Å². The van der Waals surface area contributed by atoms with Crippen LogP contribution < -0.4 is 11.2 Å². The number of nitrogens with one attached hydrogen (secondary N) is 1. The molecule has 7 heteroatoms. The predicted octanol–water partition coefficient (Wildman–Crippen LogP) is 1.62. The van der Waals surface area contributed by atoms with Gasteiger partial charge in [0.05, 0.1) is 16.3 Å². The van der Waals surface area contributed by atoms with Gasteiger partial charge < -0.3 is 5.73 Å². The second-order valence-corrected chi connectivity index (χ2v) is 3.29. The monoisotopic (exact) mass is 246 g/mol. The van der Waals surface area contributed by atoms with E-state index in [-0.39, 0.29) is 5.96 Å². The average Bonchev–Trinajstić information content (AvgIpc) is 2.22. The van der Waals surface area contributed by atoms with Crippen molar-refractivity contribution in [1.82, 2.24) is 5.48 Å². The fourth-order valence-electron chi connectivity index (χ4n) is 0.805. The smallest absolute Gasteiger partial charge is 0.237 e. The van der Waals surface area contributed by atoms with Crippen LogP contribution in [-0.2, 0) is 0 Å². The zero-order valence-electron chi connectivity index (χ0n) is 7.48. The van der Waals surface area contributed by atoms with Gasteiger partial charge in [0, 0.05) is 5.56 Å². The van der Waals surface area contributed by atoms with E-state index in [0.29, 0.717) is 15.6 Å². The van der Waals surface area contributed by atoms with Crippen LogP contribution in [0, 0.1) is 0 Å². The van der Waals surface area contributed by atoms with Crippen molar-refractivity contribution in [3.05, 3.63) is 33.8 Å². The molecular weight excluding hydrogens is 239 g/mol. The van der Waals surface area contributed by atoms with Crippen LogP contribution in [0.15, 0.2) is 28.4 Å². The molecule has 0 aliphatic rings. The van der Waals surface area contributed by atoms with E-state index in [9.17, 15) is 0 Å². The van der Waals surface area contributed by atoms with Gasteiger partial charge in [-0.1, -0.05) is 29.3 Å². The third-order valence-corrected chi connectivity index (χ3v) is 2.13. The summed E-state index contributed by atoms with van der Waals surface area (Å²) in [6, 6.07) is 5.06. The van der Waals surface area contributed by atoms with E-state index >= 15 is 0 Å². The van der Waals surface area contributed by atoms with Crippen LogP contribution in [0.1, 0.15) is 5.56 Å². The first kappa shape index (κ1) is 11.8. The second kappa shape index (κ2) is 5.55. The molecule has 0 aliphatic carbocycles. The lowest BCUT2D eigenvalue weighted by Crippen LogP contribution is -2.27. The summed E-state index contributed by atoms with van der Waals surface area (Å²) in [5, 5.41) is 16.2. The minimum atomic E-state index is -0.227. The topological polar surface area (TPSA) is 83.0 Å². The molecule has 80 valence electrons. The summed E-state index contributed by atoms with van der Waals surface area (Å²) < 4.78 is 0. The molecule has 0 atom stereocenters. The van der Waals surface area contributed by atoms with Gasteiger partial charge in [-0.25, -0.2) is 5.48 Å². The van der Waals surface area contributed by atoms with Crippen molar-refractivity contribution in [3.63, 3.8) is 0 Å². The van der Waals surface area contributed by atoms with Crippen molar-refractivity contribution < 1.29 is 5.21 Å². The molecule has 4 N–H and O–H groups in total. The third kappa shape index (κ3) is 3.39. The zero-order valence-corrected chi connectivity index (χ0v) is 9.00. The normalized spacial score (nSPS) is 12.1. The van der Waals surface area contributed by atoms with Crippen molar-refractivity contribution >= 4 is 35.4 Å². The van der Waals surface area contributed by atoms with Gasteiger partial charge in [-0.15, -0.1) is 5.10 Å². The highest BCUT2D eigenvalue weighted by atomic mass is 35.5. The Kier molecular flexibility index (Phi) is 4.36. The van der Waals surface area contributed by atoms with Crippen LogP contribution in [-0.4, -0.2) is 17.4 Å². The number of nitrogens with zero attached hydrogens (tertiary/aromatic N) is 2. The first-order valence-corrected chi connectivity index (χ1v) is 4.61. The first-order valence-electron chi connectivity index (χ1n) is 3.85. The standard InChI is InChI=1S/C8H8Cl2N4O/c9-6-2-1-3-7(10)5(6)4-12-13-8(11)14-15/h1-4,15H,(H3,11,13,14)/b12-4-. The number of nitrogens with two attached hydrogens (primary N) is 1. The molecular formula is C8H8Cl2N4O. The van der Waals surface area contributed by atoms with Gasteiger partial charge in [-0.3, -0.25) is 5.21 Å². The highest BCUT2D eigenvalue weighted by Gasteiger charge is 2.01. The van der Waals surface area contributed by atoms with Gasteiger partial charge in [0.2, 0.25) is 5.96 Å². The second-order valence-electron chi connectivity index (χ2n) is 2.48. The molecule has 5 nitrogen and oxygen atoms in total. The molecule has 1 rings (SSSR count). The number of hydrogen-bond donors (Lipinski definition) is 3. The Morgan fingerprint density at radius 2 is 2.00 bits per heavy atom. The van der Waals surface area contributed by atoms with E-state index in [0.717, 1.165) is 0 Å². The van der Waals surface area contributed by atoms with E-state index in [2.05, 4.69) is 10.2 Å². The number of guanidine groups is 1. The Hall–Kier alpha value is -1.30. The lowest BCUT2D eigenvalue weighted by atomic mass is 10.2. The Balaban J connectivity index is 2.90. The molecule has 0 saturated carbocycles. The maximum absolute atomic E-state index is 8.31. The Morgan fingerprint density at radius 3 is 2.53 bits per heavy atom. The number of halogens is 2. The maximum atomic E-state index is 8.31. The largest absolute Gasteiger partial charge is 0.367 e. The Bertz CT molecular complexity index is 385. The fourth-order valence-corrected chi connectivity index (χ4v) is 1.30. The molecule has 0 saturated heterocycles. The summed E-state index contributed by atoms with van der Waals surface area (Å²) in [6.07, 6.45) is 1.34. The molecule has 15 heavy (non-hydrogen) atoms. The molecule has 1 aromatic carbocycles. The van der Waals surface area contributed by atoms with Gasteiger partial charge >= 0.3 is 0 Å². The van der Waals surface area contributed by atoms with Crippen LogP contribution in [0.4, 0.5) is 0 Å². The quantitative estimate of drug-likeness (QED) is 0.422. The lowest BCUT2D eigenvalue weighted by molar-refractivity contribution is 0.232. The van der Waals surface area contributed by atoms with Crippen LogP contribution in [0.5, 0.6) is 0 Å². The van der Waals surface area contributed by atoms with Crippen molar-refractivity contribution in [2.24, 2.45) is 15.9 Å². The summed E-state index contributed by atoms with van der Waals surface area (Å²) in [7, 11) is 0. The number of hydroxylamine groups is 1. The summed E-state index contributed by atoms with van der Waals surface area (Å²) in [5.74, 6) is -0.227. The van der Waals surface area contributed by atoms with E-state index in [1.165, 1.54) is 6.21 Å². The molecule has 0 unspecified atom stereocenters. The summed E-state index contributed by atoms with van der Waals surface area (Å²) in [6.45, 7) is 0. The van der Waals surface area contributed by atoms with Crippen molar-refractivity contribution in [1.29, 1.82) is 0 Å². The minimum absolute atomic E-state index is 0.227. The summed E-state index contributed by atoms with van der Waals surface area (Å²) in [4.78, 5) is 0. The van der Waals surface area contributed by atoms with Crippen LogP contribution >= 0.6 is 23.2 Å². The third-order valence-electron chi connectivity index (χ3n) is 1.47. The molecule has 0 heterocycles. The predicted molar refractivity (Wildman–Crippen MR) is 60.6 cm³/mol. The Labute approximate surface area is 96.2 Å². The number of benzene rings is 1. The SMILES string of the molecule is N/C(=N/N=C\c1c(Cl)cccc1Cl)NO. The highest BCUT2D eigenvalue weighted by Crippen LogP contribution is 2.22. The molecule has 0 radical (unpaired) electrons. The molecule has 0 spiro atoms. The summed E-state index contributed by atoms with van der Waals surface area (Å²) >= 11 is 11.7. The molecule has 0 amide bonds. The van der Waals surface area contributed by atoms with Crippen molar-refractivity contribution in [3.8, 4) is 0 Å². The van der Waals surface area contributed by atoms with E-state index in [4.69, 9.17) is 34.1 Å². The number of hydrogen-bond acceptors (Lipinski definition) is 3. The fraction of sp³-hybridized carbons (Fsp3) is 0. The van der Waals surface area contributed by atoms with Crippen molar-refractivity contribution in [2.75, 3.05) is 0 Å². The average molecular weight is 247 g/mol. The molecule has 0 fully saturated rings. The first-order chi connectivity index (χ1) is 7.15. The highest BCUT2D eigenvalue weighted by molar-refractivity contribution is 6.38. The van der Waals surface area contributed by atoms with Crippen LogP contribution in [0.3, 0.4) is 0 Å². The molecule has 0 bridgehead atoms.